The number of ether oxygens (including phenoxy) is 1. The van der Waals surface area contributed by atoms with E-state index in [9.17, 15) is 0 Å². The maximum absolute atomic E-state index is 6.12. The monoisotopic (exact) mass is 290 g/mol. The lowest BCUT2D eigenvalue weighted by Gasteiger charge is -2.33. The zero-order valence-electron chi connectivity index (χ0n) is 13.8. The maximum atomic E-state index is 6.12. The molecule has 0 spiro atoms. The van der Waals surface area contributed by atoms with E-state index in [1.807, 2.05) is 0 Å². The number of nitrogens with zero attached hydrogens (tertiary/aromatic N) is 1. The van der Waals surface area contributed by atoms with Crippen LogP contribution in [0.2, 0.25) is 0 Å². The summed E-state index contributed by atoms with van der Waals surface area (Å²) in [6, 6.07) is 6.76. The van der Waals surface area contributed by atoms with Crippen molar-refractivity contribution in [3.63, 3.8) is 0 Å². The predicted molar refractivity (Wildman–Crippen MR) is 90.2 cm³/mol. The molecule has 1 saturated heterocycles. The van der Waals surface area contributed by atoms with Crippen LogP contribution in [0.3, 0.4) is 0 Å². The van der Waals surface area contributed by atoms with Gasteiger partial charge in [0.05, 0.1) is 12.3 Å². The molecule has 2 N–H and O–H groups in total. The molecule has 1 aromatic carbocycles. The van der Waals surface area contributed by atoms with Crippen LogP contribution in [0.4, 0.5) is 5.69 Å². The molecule has 3 nitrogen and oxygen atoms in total. The molecule has 0 aliphatic carbocycles. The van der Waals surface area contributed by atoms with Crippen molar-refractivity contribution in [3.05, 3.63) is 23.8 Å². The highest BCUT2D eigenvalue weighted by Crippen LogP contribution is 2.31. The van der Waals surface area contributed by atoms with Gasteiger partial charge in [-0.1, -0.05) is 19.9 Å². The van der Waals surface area contributed by atoms with Crippen molar-refractivity contribution < 1.29 is 4.74 Å². The van der Waals surface area contributed by atoms with Gasteiger partial charge in [0.25, 0.3) is 0 Å². The fourth-order valence-corrected chi connectivity index (χ4v) is 2.90. The summed E-state index contributed by atoms with van der Waals surface area (Å²) in [5.74, 6) is 1.75. The summed E-state index contributed by atoms with van der Waals surface area (Å²) in [5, 5.41) is 0. The van der Waals surface area contributed by atoms with Crippen LogP contribution >= 0.6 is 0 Å². The van der Waals surface area contributed by atoms with Gasteiger partial charge in [0.2, 0.25) is 0 Å². The molecule has 0 amide bonds. The summed E-state index contributed by atoms with van der Waals surface area (Å²) in [7, 11) is 0. The lowest BCUT2D eigenvalue weighted by molar-refractivity contribution is 0.297. The SMILES string of the molecule is Cc1ccc(OCCCC(C)C)c(N2CCCC(N)C2)c1. The molecule has 0 saturated carbocycles. The molecule has 1 atom stereocenters. The lowest BCUT2D eigenvalue weighted by atomic mass is 10.0. The zero-order chi connectivity index (χ0) is 15.2. The maximum Gasteiger partial charge on any atom is 0.142 e. The molecule has 3 heteroatoms. The van der Waals surface area contributed by atoms with Crippen molar-refractivity contribution in [2.45, 2.75) is 52.5 Å². The highest BCUT2D eigenvalue weighted by atomic mass is 16.5. The summed E-state index contributed by atoms with van der Waals surface area (Å²) in [5.41, 5.74) is 8.62. The van der Waals surface area contributed by atoms with E-state index < -0.39 is 0 Å². The standard InChI is InChI=1S/C18H30N2O/c1-14(2)6-5-11-21-18-9-8-15(3)12-17(18)20-10-4-7-16(19)13-20/h8-9,12,14,16H,4-7,10-11,13,19H2,1-3H3. The van der Waals surface area contributed by atoms with Gasteiger partial charge in [-0.25, -0.2) is 0 Å². The zero-order valence-corrected chi connectivity index (χ0v) is 13.8. The molecule has 118 valence electrons. The average Bonchev–Trinajstić information content (AvgIpc) is 2.44. The molecule has 0 radical (unpaired) electrons. The Bertz CT molecular complexity index is 445. The number of hydrogen-bond donors (Lipinski definition) is 1. The summed E-state index contributed by atoms with van der Waals surface area (Å²) in [6.45, 7) is 9.47. The molecule has 0 aromatic heterocycles. The molecule has 0 bridgehead atoms. The first kappa shape index (κ1) is 16.2. The Kier molecular flexibility index (Phi) is 5.92. The van der Waals surface area contributed by atoms with Gasteiger partial charge in [-0.3, -0.25) is 0 Å². The second-order valence-corrected chi connectivity index (χ2v) is 6.70. The van der Waals surface area contributed by atoms with Gasteiger partial charge >= 0.3 is 0 Å². The van der Waals surface area contributed by atoms with Crippen molar-refractivity contribution >= 4 is 5.69 Å². The van der Waals surface area contributed by atoms with Crippen molar-refractivity contribution in [2.24, 2.45) is 11.7 Å². The Balaban J connectivity index is 2.02. The Hall–Kier alpha value is -1.22. The smallest absolute Gasteiger partial charge is 0.142 e. The Labute approximate surface area is 129 Å². The van der Waals surface area contributed by atoms with Crippen molar-refractivity contribution in [3.8, 4) is 5.75 Å². The molecule has 1 aliphatic rings. The van der Waals surface area contributed by atoms with E-state index in [2.05, 4.69) is 43.9 Å². The first-order valence-electron chi connectivity index (χ1n) is 8.30. The predicted octanol–water partition coefficient (Wildman–Crippen LogP) is 3.74. The summed E-state index contributed by atoms with van der Waals surface area (Å²) in [6.07, 6.45) is 4.63. The first-order chi connectivity index (χ1) is 10.1. The lowest BCUT2D eigenvalue weighted by Crippen LogP contribution is -2.43. The molecule has 1 unspecified atom stereocenters. The van der Waals surface area contributed by atoms with Crippen LogP contribution in [-0.4, -0.2) is 25.7 Å². The number of rotatable bonds is 6. The largest absolute Gasteiger partial charge is 0.491 e. The van der Waals surface area contributed by atoms with Gasteiger partial charge in [-0.05, 0) is 56.2 Å². The Morgan fingerprint density at radius 3 is 2.90 bits per heavy atom. The van der Waals surface area contributed by atoms with E-state index in [1.54, 1.807) is 0 Å². The van der Waals surface area contributed by atoms with Crippen molar-refractivity contribution in [1.29, 1.82) is 0 Å². The minimum absolute atomic E-state index is 0.285. The third kappa shape index (κ3) is 4.92. The molecular weight excluding hydrogens is 260 g/mol. The summed E-state index contributed by atoms with van der Waals surface area (Å²) < 4.78 is 6.05. The van der Waals surface area contributed by atoms with E-state index in [4.69, 9.17) is 10.5 Å². The van der Waals surface area contributed by atoms with Crippen LogP contribution in [0.1, 0.15) is 45.1 Å². The van der Waals surface area contributed by atoms with E-state index in [0.717, 1.165) is 44.2 Å². The highest BCUT2D eigenvalue weighted by molar-refractivity contribution is 5.60. The van der Waals surface area contributed by atoms with Crippen LogP contribution in [0.15, 0.2) is 18.2 Å². The molecule has 2 rings (SSSR count). The van der Waals surface area contributed by atoms with Crippen molar-refractivity contribution in [2.75, 3.05) is 24.6 Å². The average molecular weight is 290 g/mol. The van der Waals surface area contributed by atoms with Crippen LogP contribution < -0.4 is 15.4 Å². The minimum atomic E-state index is 0.285. The molecule has 1 heterocycles. The van der Waals surface area contributed by atoms with Gasteiger partial charge in [0.15, 0.2) is 0 Å². The molecule has 1 aromatic rings. The van der Waals surface area contributed by atoms with E-state index in [1.165, 1.54) is 24.1 Å². The minimum Gasteiger partial charge on any atom is -0.491 e. The fraction of sp³-hybridized carbons (Fsp3) is 0.667. The van der Waals surface area contributed by atoms with Crippen LogP contribution in [0.5, 0.6) is 5.75 Å². The highest BCUT2D eigenvalue weighted by Gasteiger charge is 2.20. The van der Waals surface area contributed by atoms with Crippen molar-refractivity contribution in [1.82, 2.24) is 0 Å². The number of anilines is 1. The Morgan fingerprint density at radius 2 is 2.19 bits per heavy atom. The number of aryl methyl sites for hydroxylation is 1. The molecular formula is C18H30N2O. The second kappa shape index (κ2) is 7.69. The van der Waals surface area contributed by atoms with Gasteiger partial charge in [0.1, 0.15) is 5.75 Å². The fourth-order valence-electron chi connectivity index (χ4n) is 2.90. The van der Waals surface area contributed by atoms with E-state index in [-0.39, 0.29) is 6.04 Å². The van der Waals surface area contributed by atoms with Crippen LogP contribution in [0, 0.1) is 12.8 Å². The first-order valence-corrected chi connectivity index (χ1v) is 8.30. The third-order valence-corrected chi connectivity index (χ3v) is 4.10. The normalized spacial score (nSPS) is 19.1. The van der Waals surface area contributed by atoms with Crippen LogP contribution in [0.25, 0.3) is 0 Å². The molecule has 1 aliphatic heterocycles. The quantitative estimate of drug-likeness (QED) is 0.811. The topological polar surface area (TPSA) is 38.5 Å². The number of nitrogens with two attached hydrogens (primary N) is 1. The second-order valence-electron chi connectivity index (χ2n) is 6.70. The van der Waals surface area contributed by atoms with Gasteiger partial charge in [-0.15, -0.1) is 0 Å². The summed E-state index contributed by atoms with van der Waals surface area (Å²) in [4.78, 5) is 2.39. The van der Waals surface area contributed by atoms with Gasteiger partial charge in [-0.2, -0.15) is 0 Å². The number of benzene rings is 1. The Morgan fingerprint density at radius 1 is 1.38 bits per heavy atom. The van der Waals surface area contributed by atoms with E-state index in [0.29, 0.717) is 0 Å². The number of hydrogen-bond acceptors (Lipinski definition) is 3. The number of piperidine rings is 1. The van der Waals surface area contributed by atoms with Gasteiger partial charge < -0.3 is 15.4 Å². The third-order valence-electron chi connectivity index (χ3n) is 4.10. The summed E-state index contributed by atoms with van der Waals surface area (Å²) >= 11 is 0. The van der Waals surface area contributed by atoms with E-state index >= 15 is 0 Å². The molecule has 21 heavy (non-hydrogen) atoms. The molecule has 1 fully saturated rings. The van der Waals surface area contributed by atoms with Gasteiger partial charge in [0, 0.05) is 19.1 Å². The van der Waals surface area contributed by atoms with Crippen LogP contribution in [-0.2, 0) is 0 Å².